The third-order valence-electron chi connectivity index (χ3n) is 6.88. The predicted molar refractivity (Wildman–Crippen MR) is 130 cm³/mol. The van der Waals surface area contributed by atoms with Crippen molar-refractivity contribution in [2.45, 2.75) is 31.1 Å². The second-order valence-corrected chi connectivity index (χ2v) is 10.0. The average molecular weight is 597 g/mol. The molecule has 5 rings (SSSR count). The summed E-state index contributed by atoms with van der Waals surface area (Å²) in [7, 11) is 0. The van der Waals surface area contributed by atoms with Crippen LogP contribution in [-0.4, -0.2) is 48.0 Å². The second-order valence-electron chi connectivity index (χ2n) is 8.77. The Bertz CT molecular complexity index is 1240. The topological polar surface area (TPSA) is 62.9 Å². The largest absolute Gasteiger partial charge is 0.431 e. The van der Waals surface area contributed by atoms with Crippen LogP contribution in [0.3, 0.4) is 0 Å². The standard InChI is InChI=1S/C24H20F4IN5O/c25-20-8-7-18(13-15(20)14-30)34-23(32-10-1-2-11-32)19(21(31-34)24(26,27)28)9-12-33(22(23)35)17-5-3-16(29)4-6-17/h3-8,13,19H,1-2,9-12H2. The molecular formula is C24H20F4IN5O. The average Bonchev–Trinajstić information content (AvgIpc) is 3.47. The molecule has 0 N–H and O–H groups in total. The van der Waals surface area contributed by atoms with Gasteiger partial charge in [0.05, 0.1) is 17.2 Å². The highest BCUT2D eigenvalue weighted by Gasteiger charge is 2.68. The number of carbonyl (C=O) groups is 1. The maximum atomic E-state index is 14.3. The van der Waals surface area contributed by atoms with Gasteiger partial charge in [0.1, 0.15) is 17.6 Å². The number of nitrogens with zero attached hydrogens (tertiary/aromatic N) is 5. The van der Waals surface area contributed by atoms with Gasteiger partial charge in [0.2, 0.25) is 5.66 Å². The highest BCUT2D eigenvalue weighted by molar-refractivity contribution is 14.1. The van der Waals surface area contributed by atoms with E-state index in [1.807, 2.05) is 12.1 Å². The molecule has 3 heterocycles. The van der Waals surface area contributed by atoms with Crippen LogP contribution in [0, 0.1) is 26.6 Å². The molecule has 3 aliphatic rings. The molecule has 3 aliphatic heterocycles. The van der Waals surface area contributed by atoms with E-state index in [1.54, 1.807) is 23.1 Å². The van der Waals surface area contributed by atoms with Crippen LogP contribution in [0.2, 0.25) is 0 Å². The first kappa shape index (κ1) is 24.0. The van der Waals surface area contributed by atoms with Gasteiger partial charge in [-0.25, -0.2) is 9.40 Å². The van der Waals surface area contributed by atoms with E-state index in [9.17, 15) is 27.6 Å². The number of fused-ring (bicyclic) bond motifs is 1. The van der Waals surface area contributed by atoms with Crippen LogP contribution >= 0.6 is 22.6 Å². The van der Waals surface area contributed by atoms with E-state index in [0.29, 0.717) is 18.8 Å². The molecule has 35 heavy (non-hydrogen) atoms. The number of halogens is 5. The zero-order valence-corrected chi connectivity index (χ0v) is 20.6. The number of hydrazone groups is 1. The second kappa shape index (κ2) is 8.74. The zero-order valence-electron chi connectivity index (χ0n) is 18.4. The first-order valence-electron chi connectivity index (χ1n) is 11.2. The number of amides is 1. The number of hydrogen-bond donors (Lipinski definition) is 0. The highest BCUT2D eigenvalue weighted by Crippen LogP contribution is 2.50. The molecule has 2 aromatic rings. The summed E-state index contributed by atoms with van der Waals surface area (Å²) in [5, 5.41) is 14.4. The van der Waals surface area contributed by atoms with Crippen molar-refractivity contribution in [1.29, 1.82) is 5.26 Å². The maximum absolute atomic E-state index is 14.3. The lowest BCUT2D eigenvalue weighted by molar-refractivity contribution is -0.134. The number of nitriles is 1. The van der Waals surface area contributed by atoms with Crippen molar-refractivity contribution in [1.82, 2.24) is 4.90 Å². The van der Waals surface area contributed by atoms with E-state index >= 15 is 0 Å². The smallest absolute Gasteiger partial charge is 0.309 e. The molecule has 2 saturated heterocycles. The Balaban J connectivity index is 1.72. The van der Waals surface area contributed by atoms with Crippen LogP contribution in [0.4, 0.5) is 28.9 Å². The minimum Gasteiger partial charge on any atom is -0.309 e. The van der Waals surface area contributed by atoms with Gasteiger partial charge in [-0.05, 0) is 84.3 Å². The minimum absolute atomic E-state index is 0.0510. The lowest BCUT2D eigenvalue weighted by Gasteiger charge is -2.51. The van der Waals surface area contributed by atoms with Crippen molar-refractivity contribution in [3.05, 3.63) is 57.4 Å². The number of alkyl halides is 3. The predicted octanol–water partition coefficient (Wildman–Crippen LogP) is 4.89. The Morgan fingerprint density at radius 1 is 1.06 bits per heavy atom. The van der Waals surface area contributed by atoms with Crippen LogP contribution in [-0.2, 0) is 4.79 Å². The van der Waals surface area contributed by atoms with Gasteiger partial charge in [0.15, 0.2) is 0 Å². The summed E-state index contributed by atoms with van der Waals surface area (Å²) in [5.41, 5.74) is -2.47. The number of rotatable bonds is 3. The van der Waals surface area contributed by atoms with Gasteiger partial charge in [-0.1, -0.05) is 0 Å². The number of hydrogen-bond acceptors (Lipinski definition) is 5. The van der Waals surface area contributed by atoms with Crippen molar-refractivity contribution in [3.8, 4) is 6.07 Å². The van der Waals surface area contributed by atoms with Crippen molar-refractivity contribution < 1.29 is 22.4 Å². The maximum Gasteiger partial charge on any atom is 0.431 e. The first-order chi connectivity index (χ1) is 16.7. The Morgan fingerprint density at radius 3 is 2.34 bits per heavy atom. The zero-order chi connectivity index (χ0) is 25.0. The molecule has 0 saturated carbocycles. The number of benzene rings is 2. The quantitative estimate of drug-likeness (QED) is 0.374. The van der Waals surface area contributed by atoms with Crippen molar-refractivity contribution >= 4 is 45.6 Å². The fourth-order valence-corrected chi connectivity index (χ4v) is 5.74. The van der Waals surface area contributed by atoms with Crippen molar-refractivity contribution in [2.24, 2.45) is 11.0 Å². The van der Waals surface area contributed by atoms with E-state index in [0.717, 1.165) is 33.6 Å². The molecule has 0 spiro atoms. The van der Waals surface area contributed by atoms with Crippen LogP contribution in [0.15, 0.2) is 47.6 Å². The van der Waals surface area contributed by atoms with Gasteiger partial charge in [-0.15, -0.1) is 0 Å². The normalized spacial score (nSPS) is 25.0. The lowest BCUT2D eigenvalue weighted by Crippen LogP contribution is -2.72. The molecule has 0 aliphatic carbocycles. The van der Waals surface area contributed by atoms with Crippen LogP contribution in [0.1, 0.15) is 24.8 Å². The molecular weight excluding hydrogens is 577 g/mol. The SMILES string of the molecule is N#Cc1cc(N2N=C(C(F)(F)F)C3CCN(c4ccc(I)cc4)C(=O)C32N2CCCC2)ccc1F. The van der Waals surface area contributed by atoms with E-state index in [4.69, 9.17) is 0 Å². The molecule has 0 aromatic heterocycles. The molecule has 182 valence electrons. The molecule has 0 radical (unpaired) electrons. The summed E-state index contributed by atoms with van der Waals surface area (Å²) in [6.07, 6.45) is -3.25. The van der Waals surface area contributed by atoms with Crippen LogP contribution in [0.5, 0.6) is 0 Å². The van der Waals surface area contributed by atoms with Crippen LogP contribution in [0.25, 0.3) is 0 Å². The summed E-state index contributed by atoms with van der Waals surface area (Å²) in [5.74, 6) is -2.54. The third kappa shape index (κ3) is 3.78. The van der Waals surface area contributed by atoms with Crippen LogP contribution < -0.4 is 9.91 Å². The number of likely N-dealkylation sites (tertiary alicyclic amines) is 1. The molecule has 1 amide bonds. The van der Waals surface area contributed by atoms with E-state index in [-0.39, 0.29) is 24.2 Å². The monoisotopic (exact) mass is 597 g/mol. The molecule has 2 unspecified atom stereocenters. The molecule has 6 nitrogen and oxygen atoms in total. The lowest BCUT2D eigenvalue weighted by atomic mass is 9.79. The van der Waals surface area contributed by atoms with Crippen molar-refractivity contribution in [2.75, 3.05) is 29.5 Å². The number of carbonyl (C=O) groups excluding carboxylic acids is 1. The highest BCUT2D eigenvalue weighted by atomic mass is 127. The summed E-state index contributed by atoms with van der Waals surface area (Å²) >= 11 is 2.14. The van der Waals surface area contributed by atoms with Gasteiger partial charge in [0, 0.05) is 28.9 Å². The summed E-state index contributed by atoms with van der Waals surface area (Å²) < 4.78 is 57.9. The molecule has 2 atom stereocenters. The van der Waals surface area contributed by atoms with E-state index < -0.39 is 35.2 Å². The summed E-state index contributed by atoms with van der Waals surface area (Å²) in [4.78, 5) is 17.6. The fraction of sp³-hybridized carbons (Fsp3) is 0.375. The van der Waals surface area contributed by atoms with Gasteiger partial charge >= 0.3 is 6.18 Å². The molecule has 2 aromatic carbocycles. The van der Waals surface area contributed by atoms with Gasteiger partial charge < -0.3 is 4.90 Å². The summed E-state index contributed by atoms with van der Waals surface area (Å²) in [6.45, 7) is 0.952. The molecule has 11 heteroatoms. The number of anilines is 2. The minimum atomic E-state index is -4.76. The Kier molecular flexibility index (Phi) is 5.99. The number of piperidine rings is 1. The van der Waals surface area contributed by atoms with Gasteiger partial charge in [0.25, 0.3) is 5.91 Å². The van der Waals surface area contributed by atoms with E-state index in [1.165, 1.54) is 11.0 Å². The van der Waals surface area contributed by atoms with Crippen molar-refractivity contribution in [3.63, 3.8) is 0 Å². The summed E-state index contributed by atoms with van der Waals surface area (Å²) in [6, 6.07) is 12.4. The fourth-order valence-electron chi connectivity index (χ4n) is 5.38. The Labute approximate surface area is 212 Å². The van der Waals surface area contributed by atoms with E-state index in [2.05, 4.69) is 27.7 Å². The third-order valence-corrected chi connectivity index (χ3v) is 7.60. The Hall–Kier alpha value is -2.72. The van der Waals surface area contributed by atoms with Gasteiger partial charge in [-0.3, -0.25) is 9.69 Å². The molecule has 2 fully saturated rings. The first-order valence-corrected chi connectivity index (χ1v) is 12.2. The molecule has 0 bridgehead atoms. The van der Waals surface area contributed by atoms with Gasteiger partial charge in [-0.2, -0.15) is 23.5 Å². The Morgan fingerprint density at radius 2 is 1.71 bits per heavy atom.